The molecule has 1 saturated heterocycles. The normalized spacial score (nSPS) is 17.5. The summed E-state index contributed by atoms with van der Waals surface area (Å²) in [6, 6.07) is 16.4. The van der Waals surface area contributed by atoms with Crippen LogP contribution in [-0.4, -0.2) is 28.9 Å². The van der Waals surface area contributed by atoms with Gasteiger partial charge in [-0.3, -0.25) is 14.5 Å². The number of carbonyl (C=O) groups is 2. The molecule has 4 aromatic rings. The number of para-hydroxylation sites is 1. The van der Waals surface area contributed by atoms with Gasteiger partial charge in [-0.15, -0.1) is 0 Å². The van der Waals surface area contributed by atoms with Gasteiger partial charge in [0.05, 0.1) is 23.7 Å². The fraction of sp³-hybridized carbons (Fsp3) is 0.0769. The lowest BCUT2D eigenvalue weighted by molar-refractivity contribution is -0.132. The molecule has 1 aliphatic rings. The molecule has 2 heterocycles. The van der Waals surface area contributed by atoms with Gasteiger partial charge in [0.15, 0.2) is 0 Å². The maximum absolute atomic E-state index is 15.0. The van der Waals surface area contributed by atoms with Gasteiger partial charge in [0.1, 0.15) is 17.3 Å². The smallest absolute Gasteiger partial charge is 0.300 e. The highest BCUT2D eigenvalue weighted by Gasteiger charge is 2.48. The Balaban J connectivity index is 1.77. The molecule has 0 aliphatic carbocycles. The van der Waals surface area contributed by atoms with Crippen molar-refractivity contribution < 1.29 is 23.8 Å². The summed E-state index contributed by atoms with van der Waals surface area (Å²) in [5, 5.41) is 12.2. The molecule has 8 heteroatoms. The fourth-order valence-electron chi connectivity index (χ4n) is 4.31. The van der Waals surface area contributed by atoms with Gasteiger partial charge in [-0.05, 0) is 30.3 Å². The first-order valence-corrected chi connectivity index (χ1v) is 10.8. The Kier molecular flexibility index (Phi) is 5.34. The van der Waals surface area contributed by atoms with Crippen molar-refractivity contribution in [3.05, 3.63) is 100 Å². The van der Waals surface area contributed by atoms with Crippen molar-refractivity contribution >= 4 is 45.6 Å². The van der Waals surface area contributed by atoms with Gasteiger partial charge < -0.3 is 14.8 Å². The Morgan fingerprint density at radius 1 is 1.09 bits per heavy atom. The highest BCUT2D eigenvalue weighted by atomic mass is 35.5. The summed E-state index contributed by atoms with van der Waals surface area (Å²) in [6.07, 6.45) is 1.55. The number of nitrogens with one attached hydrogen (secondary N) is 1. The van der Waals surface area contributed by atoms with Crippen LogP contribution in [0, 0.1) is 5.82 Å². The number of carbonyl (C=O) groups excluding carboxylic acids is 2. The largest absolute Gasteiger partial charge is 0.507 e. The monoisotopic (exact) mass is 476 g/mol. The molecule has 1 aromatic heterocycles. The standard InChI is InChI=1S/C26H18ClFN2O4/c1-34-21-11-10-14(12-18(21)27)30-23(16-7-2-4-8-19(16)28)22(25(32)26(30)33)24(31)17-13-29-20-9-5-3-6-15(17)20/h2-13,23,29,31H,1H3/b24-22+. The first-order chi connectivity index (χ1) is 16.4. The summed E-state index contributed by atoms with van der Waals surface area (Å²) in [5.41, 5.74) is 1.19. The molecule has 1 aliphatic heterocycles. The molecule has 1 amide bonds. The van der Waals surface area contributed by atoms with Gasteiger partial charge in [0.2, 0.25) is 0 Å². The SMILES string of the molecule is COc1ccc(N2C(=O)C(=O)/C(=C(/O)c3c[nH]c4ccccc34)C2c2ccccc2F)cc1Cl. The second kappa shape index (κ2) is 8.35. The van der Waals surface area contributed by atoms with E-state index in [-0.39, 0.29) is 21.8 Å². The van der Waals surface area contributed by atoms with Crippen molar-refractivity contribution in [3.63, 3.8) is 0 Å². The molecule has 5 rings (SSSR count). The van der Waals surface area contributed by atoms with Crippen molar-refractivity contribution in [3.8, 4) is 5.75 Å². The number of nitrogens with zero attached hydrogens (tertiary/aromatic N) is 1. The molecule has 170 valence electrons. The van der Waals surface area contributed by atoms with Crippen molar-refractivity contribution in [1.29, 1.82) is 0 Å². The zero-order valence-corrected chi connectivity index (χ0v) is 18.6. The van der Waals surface area contributed by atoms with Crippen LogP contribution in [0.4, 0.5) is 10.1 Å². The topological polar surface area (TPSA) is 82.6 Å². The third-order valence-corrected chi connectivity index (χ3v) is 6.20. The van der Waals surface area contributed by atoms with Gasteiger partial charge in [0.25, 0.3) is 11.7 Å². The van der Waals surface area contributed by atoms with E-state index in [1.165, 1.54) is 31.4 Å². The second-order valence-electron chi connectivity index (χ2n) is 7.76. The lowest BCUT2D eigenvalue weighted by atomic mass is 9.94. The van der Waals surface area contributed by atoms with E-state index in [4.69, 9.17) is 16.3 Å². The van der Waals surface area contributed by atoms with Gasteiger partial charge in [0, 0.05) is 33.9 Å². The summed E-state index contributed by atoms with van der Waals surface area (Å²) < 4.78 is 20.2. The number of amides is 1. The van der Waals surface area contributed by atoms with E-state index in [1.807, 2.05) is 12.1 Å². The number of ether oxygens (including phenoxy) is 1. The van der Waals surface area contributed by atoms with Crippen molar-refractivity contribution in [2.45, 2.75) is 6.04 Å². The minimum Gasteiger partial charge on any atom is -0.507 e. The molecule has 1 fully saturated rings. The number of hydrogen-bond donors (Lipinski definition) is 2. The van der Waals surface area contributed by atoms with Crippen LogP contribution in [0.1, 0.15) is 17.2 Å². The van der Waals surface area contributed by atoms with Crippen molar-refractivity contribution in [1.82, 2.24) is 4.98 Å². The molecule has 2 N–H and O–H groups in total. The number of anilines is 1. The highest BCUT2D eigenvalue weighted by Crippen LogP contribution is 2.44. The Morgan fingerprint density at radius 3 is 2.56 bits per heavy atom. The van der Waals surface area contributed by atoms with Gasteiger partial charge in [-0.25, -0.2) is 4.39 Å². The Hall–Kier alpha value is -4.10. The maximum atomic E-state index is 15.0. The fourth-order valence-corrected chi connectivity index (χ4v) is 4.56. The van der Waals surface area contributed by atoms with Crippen LogP contribution >= 0.6 is 11.6 Å². The van der Waals surface area contributed by atoms with E-state index in [1.54, 1.807) is 36.5 Å². The molecule has 34 heavy (non-hydrogen) atoms. The summed E-state index contributed by atoms with van der Waals surface area (Å²) in [6.45, 7) is 0. The number of H-pyrrole nitrogens is 1. The number of aliphatic hydroxyl groups excluding tert-OH is 1. The third kappa shape index (κ3) is 3.33. The molecule has 0 saturated carbocycles. The van der Waals surface area contributed by atoms with Crippen LogP contribution in [0.2, 0.25) is 5.02 Å². The van der Waals surface area contributed by atoms with Crippen LogP contribution in [0.25, 0.3) is 16.7 Å². The molecular weight excluding hydrogens is 459 g/mol. The molecule has 6 nitrogen and oxygen atoms in total. The molecule has 0 bridgehead atoms. The Bertz CT molecular complexity index is 1490. The van der Waals surface area contributed by atoms with Crippen LogP contribution in [0.5, 0.6) is 5.75 Å². The maximum Gasteiger partial charge on any atom is 0.300 e. The van der Waals surface area contributed by atoms with E-state index >= 15 is 4.39 Å². The summed E-state index contributed by atoms with van der Waals surface area (Å²) in [4.78, 5) is 30.7. The lowest BCUT2D eigenvalue weighted by Crippen LogP contribution is -2.29. The minimum absolute atomic E-state index is 0.0648. The predicted octanol–water partition coefficient (Wildman–Crippen LogP) is 5.60. The molecule has 0 radical (unpaired) electrons. The number of halogens is 2. The van der Waals surface area contributed by atoms with E-state index < -0.39 is 29.3 Å². The summed E-state index contributed by atoms with van der Waals surface area (Å²) in [5.74, 6) is -2.47. The molecular formula is C26H18ClFN2O4. The van der Waals surface area contributed by atoms with Crippen LogP contribution in [-0.2, 0) is 9.59 Å². The number of methoxy groups -OCH3 is 1. The van der Waals surface area contributed by atoms with Gasteiger partial charge in [-0.2, -0.15) is 0 Å². The number of benzene rings is 3. The van der Waals surface area contributed by atoms with E-state index in [0.29, 0.717) is 16.7 Å². The number of fused-ring (bicyclic) bond motifs is 1. The summed E-state index contributed by atoms with van der Waals surface area (Å²) >= 11 is 6.28. The van der Waals surface area contributed by atoms with Crippen LogP contribution < -0.4 is 9.64 Å². The lowest BCUT2D eigenvalue weighted by Gasteiger charge is -2.26. The van der Waals surface area contributed by atoms with Crippen molar-refractivity contribution in [2.24, 2.45) is 0 Å². The van der Waals surface area contributed by atoms with E-state index in [9.17, 15) is 14.7 Å². The number of ketones is 1. The Morgan fingerprint density at radius 2 is 1.82 bits per heavy atom. The Labute approximate surface area is 198 Å². The van der Waals surface area contributed by atoms with Crippen LogP contribution in [0.3, 0.4) is 0 Å². The first-order valence-electron chi connectivity index (χ1n) is 10.4. The van der Waals surface area contributed by atoms with Crippen LogP contribution in [0.15, 0.2) is 78.5 Å². The average molecular weight is 477 g/mol. The van der Waals surface area contributed by atoms with E-state index in [2.05, 4.69) is 4.98 Å². The number of aromatic nitrogens is 1. The molecule has 0 spiro atoms. The average Bonchev–Trinajstić information content (AvgIpc) is 3.38. The number of hydrogen-bond acceptors (Lipinski definition) is 4. The number of aliphatic hydroxyl groups is 1. The third-order valence-electron chi connectivity index (χ3n) is 5.90. The number of Topliss-reactive ketones (excluding diaryl/α,β-unsaturated/α-hetero) is 1. The number of rotatable bonds is 4. The number of aromatic amines is 1. The summed E-state index contributed by atoms with van der Waals surface area (Å²) in [7, 11) is 1.45. The van der Waals surface area contributed by atoms with Gasteiger partial charge in [-0.1, -0.05) is 48.0 Å². The van der Waals surface area contributed by atoms with Crippen molar-refractivity contribution in [2.75, 3.05) is 12.0 Å². The molecule has 3 aromatic carbocycles. The zero-order chi connectivity index (χ0) is 24.0. The van der Waals surface area contributed by atoms with Gasteiger partial charge >= 0.3 is 0 Å². The highest BCUT2D eigenvalue weighted by molar-refractivity contribution is 6.52. The predicted molar refractivity (Wildman–Crippen MR) is 127 cm³/mol. The second-order valence-corrected chi connectivity index (χ2v) is 8.16. The molecule has 1 atom stereocenters. The van der Waals surface area contributed by atoms with E-state index in [0.717, 1.165) is 10.4 Å². The quantitative estimate of drug-likeness (QED) is 0.228. The zero-order valence-electron chi connectivity index (χ0n) is 17.9. The molecule has 1 unspecified atom stereocenters. The minimum atomic E-state index is -1.21. The first kappa shape index (κ1) is 21.7.